The fourth-order valence-corrected chi connectivity index (χ4v) is 9.66. The smallest absolute Gasteiger partial charge is 0.136 e. The number of allylic oxidation sites excluding steroid dienone is 1. The van der Waals surface area contributed by atoms with Crippen molar-refractivity contribution in [2.45, 2.75) is 6.42 Å². The SMILES string of the molecule is Brc1cccc2oc3ccc(-c4ccc5c(c4)c4cc6c(cc4n5C4=Nc5ccccc5C(c5ccccc5)=CC4)sc4ccccc46)cc3c12. The van der Waals surface area contributed by atoms with Gasteiger partial charge in [0.1, 0.15) is 17.0 Å². The third-order valence-corrected chi connectivity index (χ3v) is 12.1. The normalized spacial score (nSPS) is 13.4. The van der Waals surface area contributed by atoms with E-state index in [1.54, 1.807) is 0 Å². The first-order chi connectivity index (χ1) is 25.2. The van der Waals surface area contributed by atoms with Crippen molar-refractivity contribution in [3.8, 4) is 11.1 Å². The van der Waals surface area contributed by atoms with Crippen molar-refractivity contribution < 1.29 is 4.42 Å². The molecule has 7 aromatic carbocycles. The molecule has 0 N–H and O–H groups in total. The molecule has 0 radical (unpaired) electrons. The minimum Gasteiger partial charge on any atom is -0.456 e. The Morgan fingerprint density at radius 1 is 0.569 bits per heavy atom. The molecule has 0 amide bonds. The second-order valence-corrected chi connectivity index (χ2v) is 15.1. The number of thiophene rings is 1. The van der Waals surface area contributed by atoms with Gasteiger partial charge in [-0.15, -0.1) is 11.3 Å². The van der Waals surface area contributed by atoms with Gasteiger partial charge >= 0.3 is 0 Å². The van der Waals surface area contributed by atoms with Gasteiger partial charge in [0.2, 0.25) is 0 Å². The molecule has 10 aromatic rings. The highest BCUT2D eigenvalue weighted by Crippen LogP contribution is 2.43. The summed E-state index contributed by atoms with van der Waals surface area (Å²) in [5.41, 5.74) is 11.0. The van der Waals surface area contributed by atoms with E-state index in [-0.39, 0.29) is 0 Å². The number of hydrogen-bond donors (Lipinski definition) is 0. The van der Waals surface area contributed by atoms with Crippen LogP contribution in [0.4, 0.5) is 5.69 Å². The van der Waals surface area contributed by atoms with Crippen LogP contribution in [0, 0.1) is 0 Å². The van der Waals surface area contributed by atoms with E-state index in [2.05, 4.69) is 160 Å². The maximum atomic E-state index is 6.21. The number of benzene rings is 7. The quantitative estimate of drug-likeness (QED) is 0.174. The topological polar surface area (TPSA) is 30.4 Å². The highest BCUT2D eigenvalue weighted by Gasteiger charge is 2.21. The molecule has 240 valence electrons. The summed E-state index contributed by atoms with van der Waals surface area (Å²) in [6.07, 6.45) is 3.05. The van der Waals surface area contributed by atoms with Crippen molar-refractivity contribution in [2.75, 3.05) is 0 Å². The number of aromatic nitrogens is 1. The number of para-hydroxylation sites is 1. The Morgan fingerprint density at radius 3 is 2.27 bits per heavy atom. The molecule has 0 saturated carbocycles. The second kappa shape index (κ2) is 11.1. The summed E-state index contributed by atoms with van der Waals surface area (Å²) >= 11 is 5.63. The van der Waals surface area contributed by atoms with Crippen molar-refractivity contribution in [1.82, 2.24) is 4.57 Å². The van der Waals surface area contributed by atoms with Gasteiger partial charge in [0.05, 0.1) is 16.7 Å². The third kappa shape index (κ3) is 4.45. The first kappa shape index (κ1) is 29.0. The average molecular weight is 736 g/mol. The standard InChI is InChI=1S/C46H27BrN2OS/c47-37-13-8-15-42-46(37)36-24-29(18-21-41(36)50-42)28-17-20-39-33(23-28)34-25-35-32-12-5-7-16-43(32)51-44(35)26-40(34)49(39)45-22-19-30(27-9-2-1-3-10-27)31-11-4-6-14-38(31)48-45/h1-21,23-26H,22H2. The first-order valence-electron chi connectivity index (χ1n) is 17.1. The van der Waals surface area contributed by atoms with Crippen LogP contribution in [0.2, 0.25) is 0 Å². The number of fused-ring (bicyclic) bond motifs is 10. The zero-order chi connectivity index (χ0) is 33.6. The van der Waals surface area contributed by atoms with Gasteiger partial charge in [-0.25, -0.2) is 4.99 Å². The molecule has 0 spiro atoms. The van der Waals surface area contributed by atoms with E-state index in [1.165, 1.54) is 53.2 Å². The van der Waals surface area contributed by atoms with E-state index < -0.39 is 0 Å². The van der Waals surface area contributed by atoms with Crippen LogP contribution in [0.3, 0.4) is 0 Å². The molecule has 3 aromatic heterocycles. The van der Waals surface area contributed by atoms with Crippen LogP contribution >= 0.6 is 27.3 Å². The van der Waals surface area contributed by atoms with E-state index in [1.807, 2.05) is 23.5 Å². The molecule has 0 saturated heterocycles. The molecule has 0 aliphatic carbocycles. The fourth-order valence-electron chi connectivity index (χ4n) is 7.98. The van der Waals surface area contributed by atoms with E-state index in [4.69, 9.17) is 9.41 Å². The van der Waals surface area contributed by atoms with Crippen LogP contribution in [-0.4, -0.2) is 10.4 Å². The predicted molar refractivity (Wildman–Crippen MR) is 220 cm³/mol. The number of hydrogen-bond acceptors (Lipinski definition) is 3. The number of rotatable bonds is 2. The van der Waals surface area contributed by atoms with Crippen LogP contribution in [0.1, 0.15) is 17.5 Å². The van der Waals surface area contributed by atoms with E-state index >= 15 is 0 Å². The summed E-state index contributed by atoms with van der Waals surface area (Å²) in [6.45, 7) is 0. The monoisotopic (exact) mass is 734 g/mol. The average Bonchev–Trinajstić information content (AvgIpc) is 3.78. The molecule has 4 heterocycles. The van der Waals surface area contributed by atoms with Crippen LogP contribution in [0.5, 0.6) is 0 Å². The molecule has 0 fully saturated rings. The summed E-state index contributed by atoms with van der Waals surface area (Å²) in [7, 11) is 0. The largest absolute Gasteiger partial charge is 0.456 e. The minimum atomic E-state index is 0.698. The molecule has 1 aliphatic rings. The van der Waals surface area contributed by atoms with Crippen molar-refractivity contribution in [3.63, 3.8) is 0 Å². The number of aliphatic imine (C=N–C) groups is 1. The summed E-state index contributed by atoms with van der Waals surface area (Å²) in [4.78, 5) is 5.44. The Labute approximate surface area is 305 Å². The van der Waals surface area contributed by atoms with Gasteiger partial charge in [0.15, 0.2) is 0 Å². The van der Waals surface area contributed by atoms with E-state index in [9.17, 15) is 0 Å². The zero-order valence-electron chi connectivity index (χ0n) is 27.2. The van der Waals surface area contributed by atoms with Crippen molar-refractivity contribution in [1.29, 1.82) is 0 Å². The van der Waals surface area contributed by atoms with Gasteiger partial charge in [-0.05, 0) is 82.9 Å². The zero-order valence-corrected chi connectivity index (χ0v) is 29.6. The summed E-state index contributed by atoms with van der Waals surface area (Å²) in [5.74, 6) is 1.01. The molecule has 1 aliphatic heterocycles. The Balaban J connectivity index is 1.17. The van der Waals surface area contributed by atoms with Gasteiger partial charge in [-0.3, -0.25) is 4.57 Å². The molecular weight excluding hydrogens is 708 g/mol. The first-order valence-corrected chi connectivity index (χ1v) is 18.7. The molecule has 0 bridgehead atoms. The van der Waals surface area contributed by atoms with Gasteiger partial charge in [-0.2, -0.15) is 0 Å². The Bertz CT molecular complexity index is 3120. The Kier molecular flexibility index (Phi) is 6.33. The maximum absolute atomic E-state index is 6.21. The maximum Gasteiger partial charge on any atom is 0.136 e. The summed E-state index contributed by atoms with van der Waals surface area (Å²) in [6, 6.07) is 52.3. The predicted octanol–water partition coefficient (Wildman–Crippen LogP) is 13.9. The molecule has 51 heavy (non-hydrogen) atoms. The van der Waals surface area contributed by atoms with E-state index in [0.717, 1.165) is 54.6 Å². The lowest BCUT2D eigenvalue weighted by Crippen LogP contribution is -2.10. The number of halogens is 1. The molecular formula is C46H27BrN2OS. The summed E-state index contributed by atoms with van der Waals surface area (Å²) < 4.78 is 12.2. The highest BCUT2D eigenvalue weighted by molar-refractivity contribution is 9.10. The number of furan rings is 1. The van der Waals surface area contributed by atoms with Crippen LogP contribution in [-0.2, 0) is 0 Å². The molecule has 3 nitrogen and oxygen atoms in total. The lowest BCUT2D eigenvalue weighted by molar-refractivity contribution is 0.669. The molecule has 0 unspecified atom stereocenters. The van der Waals surface area contributed by atoms with Gasteiger partial charge in [0, 0.05) is 58.2 Å². The van der Waals surface area contributed by atoms with Gasteiger partial charge in [0.25, 0.3) is 0 Å². The minimum absolute atomic E-state index is 0.698. The van der Waals surface area contributed by atoms with Gasteiger partial charge < -0.3 is 4.42 Å². The third-order valence-electron chi connectivity index (χ3n) is 10.3. The lowest BCUT2D eigenvalue weighted by atomic mass is 9.96. The highest BCUT2D eigenvalue weighted by atomic mass is 79.9. The second-order valence-electron chi connectivity index (χ2n) is 13.2. The van der Waals surface area contributed by atoms with Gasteiger partial charge in [-0.1, -0.05) is 107 Å². The van der Waals surface area contributed by atoms with E-state index in [0.29, 0.717) is 6.42 Å². The van der Waals surface area contributed by atoms with Crippen molar-refractivity contribution in [3.05, 3.63) is 167 Å². The number of nitrogens with zero attached hydrogens (tertiary/aromatic N) is 2. The van der Waals surface area contributed by atoms with Crippen molar-refractivity contribution in [2.24, 2.45) is 4.99 Å². The lowest BCUT2D eigenvalue weighted by Gasteiger charge is -2.10. The van der Waals surface area contributed by atoms with Crippen LogP contribution in [0.15, 0.2) is 166 Å². The Hall–Kier alpha value is -5.75. The van der Waals surface area contributed by atoms with Crippen molar-refractivity contribution >= 4 is 108 Å². The van der Waals surface area contributed by atoms with Crippen LogP contribution in [0.25, 0.3) is 80.6 Å². The fraction of sp³-hybridized carbons (Fsp3) is 0.0217. The summed E-state index contributed by atoms with van der Waals surface area (Å²) in [5, 5.41) is 7.25. The van der Waals surface area contributed by atoms with Crippen LogP contribution < -0.4 is 0 Å². The molecule has 5 heteroatoms. The molecule has 0 atom stereocenters. The Morgan fingerprint density at radius 2 is 1.35 bits per heavy atom. The molecule has 11 rings (SSSR count).